The molecule has 1 aromatic carbocycles. The molecule has 0 aliphatic rings. The Morgan fingerprint density at radius 1 is 1.11 bits per heavy atom. The molecule has 0 fully saturated rings. The van der Waals surface area contributed by atoms with E-state index in [1.807, 2.05) is 48.9 Å². The number of aryl methyl sites for hydroxylation is 1. The van der Waals surface area contributed by atoms with Crippen LogP contribution in [0, 0.1) is 6.92 Å². The standard InChI is InChI=1S/C19H30N6O.HI/c1-4-5-12-20-19(22-15-18-24-23-16(2)25(18)3)21-13-9-14-26-17-10-7-6-8-11-17;/h6-8,10-11H,4-5,9,12-15H2,1-3H3,(H2,20,21,22);1H. The van der Waals surface area contributed by atoms with Crippen LogP contribution in [0.4, 0.5) is 0 Å². The summed E-state index contributed by atoms with van der Waals surface area (Å²) in [4.78, 5) is 4.63. The number of rotatable bonds is 10. The van der Waals surface area contributed by atoms with Gasteiger partial charge in [-0.05, 0) is 31.9 Å². The maximum absolute atomic E-state index is 5.71. The molecule has 1 heterocycles. The SMILES string of the molecule is CCCCNC(=NCc1nnc(C)n1C)NCCCOc1ccccc1.I. The van der Waals surface area contributed by atoms with Crippen molar-refractivity contribution in [2.24, 2.45) is 12.0 Å². The molecule has 0 saturated carbocycles. The minimum Gasteiger partial charge on any atom is -0.494 e. The molecule has 0 radical (unpaired) electrons. The van der Waals surface area contributed by atoms with Crippen LogP contribution >= 0.6 is 24.0 Å². The van der Waals surface area contributed by atoms with Crippen molar-refractivity contribution in [2.45, 2.75) is 39.7 Å². The second kappa shape index (κ2) is 13.3. The Morgan fingerprint density at radius 3 is 2.44 bits per heavy atom. The first kappa shape index (κ1) is 23.2. The number of hydrogen-bond donors (Lipinski definition) is 2. The van der Waals surface area contributed by atoms with Crippen LogP contribution in [0.3, 0.4) is 0 Å². The first-order valence-electron chi connectivity index (χ1n) is 9.25. The molecule has 0 aliphatic carbocycles. The highest BCUT2D eigenvalue weighted by Gasteiger charge is 2.05. The van der Waals surface area contributed by atoms with Gasteiger partial charge in [0.15, 0.2) is 11.8 Å². The Kier molecular flexibility index (Phi) is 11.5. The molecule has 0 spiro atoms. The number of ether oxygens (including phenoxy) is 1. The molecule has 27 heavy (non-hydrogen) atoms. The van der Waals surface area contributed by atoms with Gasteiger partial charge in [0.2, 0.25) is 0 Å². The van der Waals surface area contributed by atoms with Gasteiger partial charge < -0.3 is 19.9 Å². The molecule has 0 saturated heterocycles. The number of aliphatic imine (C=N–C) groups is 1. The third kappa shape index (κ3) is 8.59. The largest absolute Gasteiger partial charge is 0.494 e. The van der Waals surface area contributed by atoms with Crippen LogP contribution in [0.25, 0.3) is 0 Å². The normalized spacial score (nSPS) is 11.0. The highest BCUT2D eigenvalue weighted by Crippen LogP contribution is 2.08. The van der Waals surface area contributed by atoms with Crippen LogP contribution in [-0.4, -0.2) is 40.4 Å². The Bertz CT molecular complexity index is 674. The Hall–Kier alpha value is -1.84. The summed E-state index contributed by atoms with van der Waals surface area (Å²) < 4.78 is 7.67. The number of halogens is 1. The van der Waals surface area contributed by atoms with Crippen LogP contribution in [0.5, 0.6) is 5.75 Å². The van der Waals surface area contributed by atoms with Crippen molar-refractivity contribution in [3.8, 4) is 5.75 Å². The van der Waals surface area contributed by atoms with E-state index in [2.05, 4.69) is 32.7 Å². The fourth-order valence-corrected chi connectivity index (χ4v) is 2.28. The maximum atomic E-state index is 5.71. The zero-order chi connectivity index (χ0) is 18.6. The average molecular weight is 486 g/mol. The number of aromatic nitrogens is 3. The van der Waals surface area contributed by atoms with Crippen molar-refractivity contribution in [1.82, 2.24) is 25.4 Å². The average Bonchev–Trinajstić information content (AvgIpc) is 2.98. The van der Waals surface area contributed by atoms with Crippen LogP contribution < -0.4 is 15.4 Å². The van der Waals surface area contributed by atoms with E-state index in [-0.39, 0.29) is 24.0 Å². The third-order valence-electron chi connectivity index (χ3n) is 4.01. The third-order valence-corrected chi connectivity index (χ3v) is 4.01. The lowest BCUT2D eigenvalue weighted by Crippen LogP contribution is -2.38. The fraction of sp³-hybridized carbons (Fsp3) is 0.526. The molecule has 0 aliphatic heterocycles. The molecular weight excluding hydrogens is 455 g/mol. The van der Waals surface area contributed by atoms with Gasteiger partial charge >= 0.3 is 0 Å². The topological polar surface area (TPSA) is 76.4 Å². The van der Waals surface area contributed by atoms with E-state index in [0.717, 1.165) is 55.7 Å². The van der Waals surface area contributed by atoms with Crippen molar-refractivity contribution < 1.29 is 4.74 Å². The number of hydrogen-bond acceptors (Lipinski definition) is 4. The quantitative estimate of drug-likeness (QED) is 0.234. The predicted octanol–water partition coefficient (Wildman–Crippen LogP) is 3.05. The van der Waals surface area contributed by atoms with Crippen LogP contribution in [0.15, 0.2) is 35.3 Å². The van der Waals surface area contributed by atoms with E-state index >= 15 is 0 Å². The highest BCUT2D eigenvalue weighted by atomic mass is 127. The Labute approximate surface area is 179 Å². The van der Waals surface area contributed by atoms with Crippen LogP contribution in [-0.2, 0) is 13.6 Å². The lowest BCUT2D eigenvalue weighted by molar-refractivity contribution is 0.311. The van der Waals surface area contributed by atoms with Crippen LogP contribution in [0.1, 0.15) is 37.8 Å². The van der Waals surface area contributed by atoms with Crippen LogP contribution in [0.2, 0.25) is 0 Å². The summed E-state index contributed by atoms with van der Waals surface area (Å²) in [5, 5.41) is 15.0. The molecule has 8 heteroatoms. The van der Waals surface area contributed by atoms with Gasteiger partial charge in [0.05, 0.1) is 6.61 Å². The van der Waals surface area contributed by atoms with Gasteiger partial charge in [-0.3, -0.25) is 0 Å². The molecule has 0 bridgehead atoms. The van der Waals surface area contributed by atoms with Crippen molar-refractivity contribution in [3.63, 3.8) is 0 Å². The van der Waals surface area contributed by atoms with Crippen molar-refractivity contribution in [3.05, 3.63) is 42.0 Å². The highest BCUT2D eigenvalue weighted by molar-refractivity contribution is 14.0. The predicted molar refractivity (Wildman–Crippen MR) is 120 cm³/mol. The van der Waals surface area contributed by atoms with Gasteiger partial charge in [-0.2, -0.15) is 0 Å². The number of nitrogens with zero attached hydrogens (tertiary/aromatic N) is 4. The number of guanidine groups is 1. The molecule has 1 aromatic heterocycles. The minimum atomic E-state index is 0. The zero-order valence-electron chi connectivity index (χ0n) is 16.4. The second-order valence-corrected chi connectivity index (χ2v) is 6.11. The van der Waals surface area contributed by atoms with E-state index in [1.54, 1.807) is 0 Å². The van der Waals surface area contributed by atoms with E-state index < -0.39 is 0 Å². The smallest absolute Gasteiger partial charge is 0.191 e. The number of para-hydroxylation sites is 1. The van der Waals surface area contributed by atoms with Gasteiger partial charge in [0.1, 0.15) is 18.1 Å². The van der Waals surface area contributed by atoms with Crippen molar-refractivity contribution >= 4 is 29.9 Å². The summed E-state index contributed by atoms with van der Waals surface area (Å²) >= 11 is 0. The first-order valence-corrected chi connectivity index (χ1v) is 9.25. The van der Waals surface area contributed by atoms with E-state index in [4.69, 9.17) is 4.74 Å². The minimum absolute atomic E-state index is 0. The van der Waals surface area contributed by atoms with Gasteiger partial charge in [-0.15, -0.1) is 34.2 Å². The summed E-state index contributed by atoms with van der Waals surface area (Å²) in [5.74, 6) is 3.45. The molecule has 2 rings (SSSR count). The molecule has 0 amide bonds. The lowest BCUT2D eigenvalue weighted by atomic mass is 10.3. The number of nitrogens with one attached hydrogen (secondary N) is 2. The molecule has 0 atom stereocenters. The molecule has 150 valence electrons. The maximum Gasteiger partial charge on any atom is 0.191 e. The van der Waals surface area contributed by atoms with Gasteiger partial charge in [0, 0.05) is 20.1 Å². The van der Waals surface area contributed by atoms with E-state index in [1.165, 1.54) is 0 Å². The first-order chi connectivity index (χ1) is 12.7. The zero-order valence-corrected chi connectivity index (χ0v) is 18.8. The van der Waals surface area contributed by atoms with Crippen molar-refractivity contribution in [1.29, 1.82) is 0 Å². The van der Waals surface area contributed by atoms with E-state index in [9.17, 15) is 0 Å². The molecule has 0 unspecified atom stereocenters. The molecule has 7 nitrogen and oxygen atoms in total. The monoisotopic (exact) mass is 486 g/mol. The van der Waals surface area contributed by atoms with Gasteiger partial charge in [-0.25, -0.2) is 4.99 Å². The van der Waals surface area contributed by atoms with Gasteiger partial charge in [0.25, 0.3) is 0 Å². The Balaban J connectivity index is 0.00000364. The molecular formula is C19H31IN6O. The van der Waals surface area contributed by atoms with Crippen molar-refractivity contribution in [2.75, 3.05) is 19.7 Å². The summed E-state index contributed by atoms with van der Waals surface area (Å²) in [6.07, 6.45) is 3.15. The second-order valence-electron chi connectivity index (χ2n) is 6.11. The lowest BCUT2D eigenvalue weighted by Gasteiger charge is -2.13. The summed E-state index contributed by atoms with van der Waals surface area (Å²) in [7, 11) is 1.96. The number of benzene rings is 1. The summed E-state index contributed by atoms with van der Waals surface area (Å²) in [5.41, 5.74) is 0. The number of unbranched alkanes of at least 4 members (excludes halogenated alkanes) is 1. The van der Waals surface area contributed by atoms with E-state index in [0.29, 0.717) is 13.2 Å². The summed E-state index contributed by atoms with van der Waals surface area (Å²) in [6, 6.07) is 9.87. The Morgan fingerprint density at radius 2 is 1.81 bits per heavy atom. The fourth-order valence-electron chi connectivity index (χ4n) is 2.28. The van der Waals surface area contributed by atoms with Gasteiger partial charge in [-0.1, -0.05) is 31.5 Å². The molecule has 2 N–H and O–H groups in total. The summed E-state index contributed by atoms with van der Waals surface area (Å²) in [6.45, 7) is 6.98. The molecule has 2 aromatic rings.